The van der Waals surface area contributed by atoms with Gasteiger partial charge in [-0.2, -0.15) is 11.8 Å². The zero-order valence-corrected chi connectivity index (χ0v) is 12.3. The van der Waals surface area contributed by atoms with E-state index >= 15 is 0 Å². The number of nitrogens with one attached hydrogen (secondary N) is 1. The van der Waals surface area contributed by atoms with Gasteiger partial charge >= 0.3 is 0 Å². The number of benzene rings is 1. The molecule has 5 heteroatoms. The van der Waals surface area contributed by atoms with E-state index in [0.29, 0.717) is 16.0 Å². The van der Waals surface area contributed by atoms with Crippen molar-refractivity contribution in [2.24, 2.45) is 0 Å². The van der Waals surface area contributed by atoms with Gasteiger partial charge in [-0.05, 0) is 21.7 Å². The Labute approximate surface area is 118 Å². The molecule has 2 rings (SSSR count). The van der Waals surface area contributed by atoms with Gasteiger partial charge in [0.25, 0.3) is 5.56 Å². The highest BCUT2D eigenvalue weighted by Gasteiger charge is 2.10. The van der Waals surface area contributed by atoms with Crippen molar-refractivity contribution in [3.8, 4) is 11.3 Å². The topological polar surface area (TPSA) is 45.8 Å². The van der Waals surface area contributed by atoms with E-state index in [1.165, 1.54) is 0 Å². The second-order valence-corrected chi connectivity index (χ2v) is 5.75. The van der Waals surface area contributed by atoms with Crippen LogP contribution in [0.25, 0.3) is 11.3 Å². The number of rotatable bonds is 4. The van der Waals surface area contributed by atoms with E-state index in [1.54, 1.807) is 11.8 Å². The van der Waals surface area contributed by atoms with Gasteiger partial charge in [0.2, 0.25) is 0 Å². The lowest BCUT2D eigenvalue weighted by molar-refractivity contribution is 0.996. The van der Waals surface area contributed by atoms with E-state index < -0.39 is 0 Å². The van der Waals surface area contributed by atoms with Crippen molar-refractivity contribution in [1.29, 1.82) is 0 Å². The molecule has 0 radical (unpaired) electrons. The summed E-state index contributed by atoms with van der Waals surface area (Å²) in [5, 5.41) is 0. The smallest absolute Gasteiger partial charge is 0.265 e. The summed E-state index contributed by atoms with van der Waals surface area (Å²) in [6.45, 7) is 2.08. The van der Waals surface area contributed by atoms with Gasteiger partial charge in [0.05, 0.1) is 11.4 Å². The summed E-state index contributed by atoms with van der Waals surface area (Å²) in [4.78, 5) is 19.1. The summed E-state index contributed by atoms with van der Waals surface area (Å²) < 4.78 is 0.485. The Morgan fingerprint density at radius 1 is 1.33 bits per heavy atom. The number of H-pyrrole nitrogens is 1. The van der Waals surface area contributed by atoms with E-state index in [1.807, 2.05) is 30.3 Å². The fourth-order valence-electron chi connectivity index (χ4n) is 1.56. The van der Waals surface area contributed by atoms with Gasteiger partial charge < -0.3 is 4.98 Å². The molecule has 0 bridgehead atoms. The molecule has 2 aromatic rings. The highest BCUT2D eigenvalue weighted by Crippen LogP contribution is 2.23. The Kier molecular flexibility index (Phi) is 4.60. The molecule has 0 aliphatic carbocycles. The van der Waals surface area contributed by atoms with Crippen LogP contribution in [-0.4, -0.2) is 15.7 Å². The van der Waals surface area contributed by atoms with Crippen LogP contribution < -0.4 is 5.56 Å². The van der Waals surface area contributed by atoms with Crippen molar-refractivity contribution in [2.45, 2.75) is 12.7 Å². The van der Waals surface area contributed by atoms with Crippen molar-refractivity contribution in [3.05, 3.63) is 51.0 Å². The van der Waals surface area contributed by atoms with E-state index in [0.717, 1.165) is 17.1 Å². The molecule has 1 N–H and O–H groups in total. The minimum absolute atomic E-state index is 0.129. The van der Waals surface area contributed by atoms with Crippen LogP contribution in [0.4, 0.5) is 0 Å². The Bertz CT molecular complexity index is 583. The number of hydrogen-bond acceptors (Lipinski definition) is 3. The molecular formula is C13H13BrN2OS. The zero-order chi connectivity index (χ0) is 13.0. The average Bonchev–Trinajstić information content (AvgIpc) is 2.41. The lowest BCUT2D eigenvalue weighted by Gasteiger charge is -2.06. The SMILES string of the molecule is CCSCc1nc(-c2ccccc2)c(Br)c(=O)[nH]1. The van der Waals surface area contributed by atoms with Gasteiger partial charge in [0.1, 0.15) is 10.3 Å². The van der Waals surface area contributed by atoms with Crippen LogP contribution in [0.1, 0.15) is 12.7 Å². The Hall–Kier alpha value is -1.07. The first-order valence-corrected chi connectivity index (χ1v) is 7.59. The van der Waals surface area contributed by atoms with Crippen molar-refractivity contribution >= 4 is 27.7 Å². The van der Waals surface area contributed by atoms with Crippen molar-refractivity contribution in [2.75, 3.05) is 5.75 Å². The fraction of sp³-hybridized carbons (Fsp3) is 0.231. The molecule has 18 heavy (non-hydrogen) atoms. The van der Waals surface area contributed by atoms with Crippen LogP contribution in [0.3, 0.4) is 0 Å². The van der Waals surface area contributed by atoms with Crippen LogP contribution in [-0.2, 0) is 5.75 Å². The van der Waals surface area contributed by atoms with Gasteiger partial charge in [-0.25, -0.2) is 4.98 Å². The molecule has 0 fully saturated rings. The van der Waals surface area contributed by atoms with Gasteiger partial charge in [-0.3, -0.25) is 4.79 Å². The number of halogens is 1. The highest BCUT2D eigenvalue weighted by molar-refractivity contribution is 9.10. The lowest BCUT2D eigenvalue weighted by Crippen LogP contribution is -2.13. The second kappa shape index (κ2) is 6.20. The standard InChI is InChI=1S/C13H13BrN2OS/c1-2-18-8-10-15-12(11(14)13(17)16-10)9-6-4-3-5-7-9/h3-7H,2,8H2,1H3,(H,15,16,17). The third kappa shape index (κ3) is 3.03. The maximum atomic E-state index is 11.8. The summed E-state index contributed by atoms with van der Waals surface area (Å²) in [6.07, 6.45) is 0. The summed E-state index contributed by atoms with van der Waals surface area (Å²) >= 11 is 5.04. The number of aromatic amines is 1. The predicted molar refractivity (Wildman–Crippen MR) is 79.8 cm³/mol. The normalized spacial score (nSPS) is 10.6. The Morgan fingerprint density at radius 3 is 2.72 bits per heavy atom. The van der Waals surface area contributed by atoms with Crippen LogP contribution in [0.2, 0.25) is 0 Å². The van der Waals surface area contributed by atoms with Crippen LogP contribution in [0.15, 0.2) is 39.6 Å². The minimum atomic E-state index is -0.129. The van der Waals surface area contributed by atoms with Gasteiger partial charge in [-0.15, -0.1) is 0 Å². The summed E-state index contributed by atoms with van der Waals surface area (Å²) in [6, 6.07) is 9.71. The average molecular weight is 325 g/mol. The van der Waals surface area contributed by atoms with Crippen LogP contribution >= 0.6 is 27.7 Å². The molecule has 0 amide bonds. The Morgan fingerprint density at radius 2 is 2.06 bits per heavy atom. The molecule has 0 aliphatic heterocycles. The molecule has 1 aromatic carbocycles. The van der Waals surface area contributed by atoms with Crippen LogP contribution in [0, 0.1) is 0 Å². The molecule has 0 spiro atoms. The minimum Gasteiger partial charge on any atom is -0.309 e. The maximum Gasteiger partial charge on any atom is 0.265 e. The maximum absolute atomic E-state index is 11.8. The molecule has 0 unspecified atom stereocenters. The molecule has 0 saturated carbocycles. The fourth-order valence-corrected chi connectivity index (χ4v) is 2.51. The highest BCUT2D eigenvalue weighted by atomic mass is 79.9. The molecular weight excluding hydrogens is 312 g/mol. The summed E-state index contributed by atoms with van der Waals surface area (Å²) in [7, 11) is 0. The monoisotopic (exact) mass is 324 g/mol. The summed E-state index contributed by atoms with van der Waals surface area (Å²) in [5.74, 6) is 2.44. The number of nitrogens with zero attached hydrogens (tertiary/aromatic N) is 1. The lowest BCUT2D eigenvalue weighted by atomic mass is 10.1. The zero-order valence-electron chi connectivity index (χ0n) is 9.94. The molecule has 0 aliphatic rings. The van der Waals surface area contributed by atoms with Crippen molar-refractivity contribution in [1.82, 2.24) is 9.97 Å². The third-order valence-electron chi connectivity index (χ3n) is 2.40. The molecule has 3 nitrogen and oxygen atoms in total. The first kappa shape index (κ1) is 13.4. The van der Waals surface area contributed by atoms with Crippen molar-refractivity contribution < 1.29 is 0 Å². The number of thioether (sulfide) groups is 1. The molecule has 0 saturated heterocycles. The molecule has 1 aromatic heterocycles. The van der Waals surface area contributed by atoms with E-state index in [9.17, 15) is 4.79 Å². The van der Waals surface area contributed by atoms with E-state index in [4.69, 9.17) is 0 Å². The first-order chi connectivity index (χ1) is 8.72. The quantitative estimate of drug-likeness (QED) is 0.936. The largest absolute Gasteiger partial charge is 0.309 e. The Balaban J connectivity index is 2.46. The third-order valence-corrected chi connectivity index (χ3v) is 4.02. The first-order valence-electron chi connectivity index (χ1n) is 5.64. The van der Waals surface area contributed by atoms with E-state index in [2.05, 4.69) is 32.8 Å². The molecule has 1 heterocycles. The molecule has 0 atom stereocenters. The summed E-state index contributed by atoms with van der Waals surface area (Å²) in [5.41, 5.74) is 1.51. The predicted octanol–water partition coefficient (Wildman–Crippen LogP) is 3.45. The molecule has 94 valence electrons. The van der Waals surface area contributed by atoms with Crippen LogP contribution in [0.5, 0.6) is 0 Å². The number of hydrogen-bond donors (Lipinski definition) is 1. The van der Waals surface area contributed by atoms with Gasteiger partial charge in [-0.1, -0.05) is 37.3 Å². The second-order valence-electron chi connectivity index (χ2n) is 3.68. The number of aromatic nitrogens is 2. The van der Waals surface area contributed by atoms with E-state index in [-0.39, 0.29) is 5.56 Å². The van der Waals surface area contributed by atoms with Crippen molar-refractivity contribution in [3.63, 3.8) is 0 Å². The van der Waals surface area contributed by atoms with Gasteiger partial charge in [0.15, 0.2) is 0 Å². The van der Waals surface area contributed by atoms with Gasteiger partial charge in [0, 0.05) is 5.56 Å².